The summed E-state index contributed by atoms with van der Waals surface area (Å²) in [6, 6.07) is 28.2. The highest BCUT2D eigenvalue weighted by atomic mass is 32.2. The van der Waals surface area contributed by atoms with Gasteiger partial charge in [0.15, 0.2) is 5.95 Å². The first-order chi connectivity index (χ1) is 19.0. The molecule has 5 rings (SSSR count). The van der Waals surface area contributed by atoms with Crippen molar-refractivity contribution in [1.82, 2.24) is 10.3 Å². The molecule has 0 N–H and O–H groups in total. The third kappa shape index (κ3) is 5.37. The van der Waals surface area contributed by atoms with E-state index in [4.69, 9.17) is 14.2 Å². The SMILES string of the molecule is COc1ccc(-c2cc(-c3ccc(C)cc3)c(C#N)c(SCC(=O)c3c([O-])on[n+]3-c3ccccc3)n2)cc1. The van der Waals surface area contributed by atoms with E-state index in [0.717, 1.165) is 28.5 Å². The molecule has 2 heterocycles. The largest absolute Gasteiger partial charge is 0.539 e. The molecule has 0 saturated carbocycles. The van der Waals surface area contributed by atoms with E-state index in [9.17, 15) is 15.2 Å². The molecular weight excluding hydrogens is 512 g/mol. The van der Waals surface area contributed by atoms with Crippen LogP contribution < -0.4 is 14.5 Å². The topological polar surface area (TPSA) is 116 Å². The molecule has 0 spiro atoms. The second-order valence-electron chi connectivity index (χ2n) is 8.61. The van der Waals surface area contributed by atoms with Crippen LogP contribution in [0.1, 0.15) is 21.6 Å². The van der Waals surface area contributed by atoms with Crippen molar-refractivity contribution in [3.8, 4) is 45.8 Å². The van der Waals surface area contributed by atoms with Crippen LogP contribution in [-0.4, -0.2) is 28.9 Å². The maximum absolute atomic E-state index is 13.2. The standard InChI is InChI=1S/C30H22N4O4S/c1-19-8-10-20(11-9-19)24-16-26(21-12-14-23(37-2)15-13-21)32-29(25(24)17-31)39-18-27(35)28-30(36)38-33-34(28)22-6-4-3-5-7-22/h3-16H,18H2,1-2H3. The van der Waals surface area contributed by atoms with Crippen LogP contribution in [0.15, 0.2) is 94.5 Å². The highest BCUT2D eigenvalue weighted by Gasteiger charge is 2.28. The third-order valence-electron chi connectivity index (χ3n) is 6.06. The normalized spacial score (nSPS) is 10.7. The highest BCUT2D eigenvalue weighted by Crippen LogP contribution is 2.35. The minimum Gasteiger partial charge on any atom is -0.539 e. The summed E-state index contributed by atoms with van der Waals surface area (Å²) in [4.78, 5) is 18.0. The molecule has 0 amide bonds. The number of thioether (sulfide) groups is 1. The Hall–Kier alpha value is -4.94. The fourth-order valence-electron chi connectivity index (χ4n) is 4.03. The minimum absolute atomic E-state index is 0.148. The Bertz CT molecular complexity index is 1680. The predicted molar refractivity (Wildman–Crippen MR) is 144 cm³/mol. The number of methoxy groups -OCH3 is 1. The van der Waals surface area contributed by atoms with Crippen LogP contribution in [-0.2, 0) is 0 Å². The summed E-state index contributed by atoms with van der Waals surface area (Å²) in [5, 5.41) is 26.7. The zero-order valence-corrected chi connectivity index (χ0v) is 21.9. The Morgan fingerprint density at radius 1 is 1.05 bits per heavy atom. The fourth-order valence-corrected chi connectivity index (χ4v) is 4.90. The van der Waals surface area contributed by atoms with Gasteiger partial charge in [0.2, 0.25) is 11.5 Å². The second kappa shape index (κ2) is 11.2. The number of ketones is 1. The molecule has 0 unspecified atom stereocenters. The Labute approximate surface area is 229 Å². The molecule has 8 nitrogen and oxygen atoms in total. The lowest BCUT2D eigenvalue weighted by molar-refractivity contribution is -0.672. The molecule has 2 aromatic heterocycles. The molecule has 0 fully saturated rings. The summed E-state index contributed by atoms with van der Waals surface area (Å²) in [6.07, 6.45) is 0. The molecule has 0 saturated heterocycles. The number of nitrogens with zero attached hydrogens (tertiary/aromatic N) is 4. The van der Waals surface area contributed by atoms with Crippen molar-refractivity contribution >= 4 is 17.5 Å². The quantitative estimate of drug-likeness (QED) is 0.157. The minimum atomic E-state index is -0.828. The summed E-state index contributed by atoms with van der Waals surface area (Å²) in [5.74, 6) is -0.761. The van der Waals surface area contributed by atoms with Crippen molar-refractivity contribution < 1.29 is 23.8 Å². The molecule has 0 aliphatic carbocycles. The smallest absolute Gasteiger partial charge is 0.307 e. The van der Waals surface area contributed by atoms with E-state index in [-0.39, 0.29) is 11.4 Å². The molecule has 39 heavy (non-hydrogen) atoms. The summed E-state index contributed by atoms with van der Waals surface area (Å²) in [5.41, 5.74) is 4.77. The number of rotatable bonds is 8. The van der Waals surface area contributed by atoms with Gasteiger partial charge in [-0.1, -0.05) is 59.8 Å². The average Bonchev–Trinajstić information content (AvgIpc) is 3.37. The molecule has 3 aromatic carbocycles. The van der Waals surface area contributed by atoms with Gasteiger partial charge in [0.25, 0.3) is 0 Å². The van der Waals surface area contributed by atoms with E-state index >= 15 is 0 Å². The molecule has 0 aliphatic rings. The maximum Gasteiger partial charge on any atom is 0.307 e. The number of aryl methyl sites for hydroxylation is 1. The zero-order valence-electron chi connectivity index (χ0n) is 21.1. The number of hydrogen-bond donors (Lipinski definition) is 0. The van der Waals surface area contributed by atoms with Gasteiger partial charge in [-0.05, 0) is 47.5 Å². The molecule has 5 aromatic rings. The van der Waals surface area contributed by atoms with Crippen LogP contribution >= 0.6 is 11.8 Å². The van der Waals surface area contributed by atoms with Crippen LogP contribution in [0.2, 0.25) is 0 Å². The fraction of sp³-hybridized carbons (Fsp3) is 0.100. The third-order valence-corrected chi connectivity index (χ3v) is 7.04. The van der Waals surface area contributed by atoms with Gasteiger partial charge in [0.1, 0.15) is 16.8 Å². The van der Waals surface area contributed by atoms with Gasteiger partial charge in [-0.3, -0.25) is 4.79 Å². The number of carbonyl (C=O) groups excluding carboxylic acids is 1. The first-order valence-electron chi connectivity index (χ1n) is 12.0. The van der Waals surface area contributed by atoms with Crippen LogP contribution in [0, 0.1) is 18.3 Å². The molecule has 0 bridgehead atoms. The van der Waals surface area contributed by atoms with Crippen molar-refractivity contribution in [2.75, 3.05) is 12.9 Å². The predicted octanol–water partition coefficient (Wildman–Crippen LogP) is 4.92. The van der Waals surface area contributed by atoms with Crippen molar-refractivity contribution in [3.05, 3.63) is 102 Å². The number of Topliss-reactive ketones (excluding diaryl/α,β-unsaturated/α-hetero) is 1. The highest BCUT2D eigenvalue weighted by molar-refractivity contribution is 8.00. The number of pyridine rings is 1. The number of carbonyl (C=O) groups is 1. The first kappa shape index (κ1) is 25.7. The molecule has 0 atom stereocenters. The van der Waals surface area contributed by atoms with Crippen LogP contribution in [0.25, 0.3) is 28.1 Å². The molecule has 0 aliphatic heterocycles. The Kier molecular flexibility index (Phi) is 7.39. The summed E-state index contributed by atoms with van der Waals surface area (Å²) >= 11 is 1.09. The van der Waals surface area contributed by atoms with E-state index in [0.29, 0.717) is 33.3 Å². The Balaban J connectivity index is 1.54. The summed E-state index contributed by atoms with van der Waals surface area (Å²) < 4.78 is 11.3. The lowest BCUT2D eigenvalue weighted by Gasteiger charge is -2.13. The van der Waals surface area contributed by atoms with E-state index in [1.54, 1.807) is 31.4 Å². The van der Waals surface area contributed by atoms with Gasteiger partial charge in [-0.15, -0.1) is 0 Å². The van der Waals surface area contributed by atoms with Gasteiger partial charge in [-0.2, -0.15) is 5.26 Å². The maximum atomic E-state index is 13.2. The lowest BCUT2D eigenvalue weighted by atomic mass is 9.98. The molecule has 0 radical (unpaired) electrons. The van der Waals surface area contributed by atoms with E-state index < -0.39 is 11.7 Å². The zero-order chi connectivity index (χ0) is 27.4. The molecular formula is C30H22N4O4S. The Morgan fingerprint density at radius 3 is 2.41 bits per heavy atom. The van der Waals surface area contributed by atoms with Gasteiger partial charge < -0.3 is 14.4 Å². The average molecular weight is 535 g/mol. The van der Waals surface area contributed by atoms with E-state index in [2.05, 4.69) is 11.3 Å². The molecule has 9 heteroatoms. The lowest BCUT2D eigenvalue weighted by Crippen LogP contribution is -2.39. The van der Waals surface area contributed by atoms with Crippen molar-refractivity contribution in [2.24, 2.45) is 0 Å². The van der Waals surface area contributed by atoms with Crippen molar-refractivity contribution in [2.45, 2.75) is 11.9 Å². The van der Waals surface area contributed by atoms with Crippen molar-refractivity contribution in [1.29, 1.82) is 5.26 Å². The number of para-hydroxylation sites is 1. The van der Waals surface area contributed by atoms with Crippen LogP contribution in [0.4, 0.5) is 0 Å². The van der Waals surface area contributed by atoms with Crippen LogP contribution in [0.3, 0.4) is 0 Å². The van der Waals surface area contributed by atoms with E-state index in [1.807, 2.05) is 67.6 Å². The summed E-state index contributed by atoms with van der Waals surface area (Å²) in [6.45, 7) is 1.99. The molecule has 192 valence electrons. The number of benzene rings is 3. The Morgan fingerprint density at radius 2 is 1.74 bits per heavy atom. The van der Waals surface area contributed by atoms with Gasteiger partial charge in [-0.25, -0.2) is 4.98 Å². The summed E-state index contributed by atoms with van der Waals surface area (Å²) in [7, 11) is 1.60. The number of hydrogen-bond acceptors (Lipinski definition) is 8. The van der Waals surface area contributed by atoms with Gasteiger partial charge in [0, 0.05) is 23.3 Å². The van der Waals surface area contributed by atoms with E-state index in [1.165, 1.54) is 4.68 Å². The number of ether oxygens (including phenoxy) is 1. The number of aromatic nitrogens is 3. The van der Waals surface area contributed by atoms with Gasteiger partial charge in [0.05, 0.1) is 29.4 Å². The monoisotopic (exact) mass is 534 g/mol. The van der Waals surface area contributed by atoms with Gasteiger partial charge >= 0.3 is 5.69 Å². The van der Waals surface area contributed by atoms with Crippen LogP contribution in [0.5, 0.6) is 11.7 Å². The first-order valence-corrected chi connectivity index (χ1v) is 12.9. The van der Waals surface area contributed by atoms with Crippen molar-refractivity contribution in [3.63, 3.8) is 0 Å². The number of nitriles is 1. The second-order valence-corrected chi connectivity index (χ2v) is 9.57.